The molecule has 4 N–H and O–H groups in total. The Bertz CT molecular complexity index is 1660. The number of carboxylic acid groups (broad SMARTS) is 1. The van der Waals surface area contributed by atoms with E-state index in [1.165, 1.54) is 24.3 Å². The average Bonchev–Trinajstić information content (AvgIpc) is 3.41. The zero-order valence-corrected chi connectivity index (χ0v) is 21.7. The number of aromatic amines is 1. The Kier molecular flexibility index (Phi) is 7.36. The Hall–Kier alpha value is -5.32. The fourth-order valence-electron chi connectivity index (χ4n) is 4.48. The normalized spacial score (nSPS) is 12.5. The molecule has 0 spiro atoms. The highest BCUT2D eigenvalue weighted by molar-refractivity contribution is 6.00. The Morgan fingerprint density at radius 3 is 2.50 bits per heavy atom. The van der Waals surface area contributed by atoms with Gasteiger partial charge in [0.1, 0.15) is 17.7 Å². The molecule has 5 rings (SSSR count). The Morgan fingerprint density at radius 1 is 1.00 bits per heavy atom. The quantitative estimate of drug-likeness (QED) is 0.213. The number of hydrogen-bond donors (Lipinski definition) is 4. The van der Waals surface area contributed by atoms with Crippen LogP contribution in [0.1, 0.15) is 17.3 Å². The summed E-state index contributed by atoms with van der Waals surface area (Å²) in [5.74, 6) is -1.27. The molecular formula is C29H26FN7O3. The first-order chi connectivity index (χ1) is 19.3. The summed E-state index contributed by atoms with van der Waals surface area (Å²) in [6.45, 7) is 1.67. The molecule has 0 bridgehead atoms. The van der Waals surface area contributed by atoms with E-state index in [9.17, 15) is 19.1 Å². The topological polar surface area (TPSA) is 136 Å². The molecule has 202 valence electrons. The van der Waals surface area contributed by atoms with Crippen LogP contribution in [0.5, 0.6) is 0 Å². The lowest BCUT2D eigenvalue weighted by Crippen LogP contribution is -2.53. The first-order valence-electron chi connectivity index (χ1n) is 12.5. The van der Waals surface area contributed by atoms with E-state index >= 15 is 0 Å². The maximum absolute atomic E-state index is 13.6. The minimum Gasteiger partial charge on any atom is -0.480 e. The molecule has 2 aromatic carbocycles. The lowest BCUT2D eigenvalue weighted by molar-refractivity contribution is -0.139. The van der Waals surface area contributed by atoms with Crippen LogP contribution in [0, 0.1) is 5.82 Å². The number of rotatable bonds is 9. The average molecular weight is 540 g/mol. The summed E-state index contributed by atoms with van der Waals surface area (Å²) < 4.78 is 13.6. The molecule has 2 atom stereocenters. The van der Waals surface area contributed by atoms with Crippen molar-refractivity contribution in [3.8, 4) is 11.4 Å². The van der Waals surface area contributed by atoms with E-state index in [1.807, 2.05) is 6.07 Å². The van der Waals surface area contributed by atoms with Gasteiger partial charge in [-0.15, -0.1) is 0 Å². The number of benzene rings is 2. The van der Waals surface area contributed by atoms with Crippen LogP contribution >= 0.6 is 0 Å². The van der Waals surface area contributed by atoms with Crippen LogP contribution in [0.4, 0.5) is 21.8 Å². The number of H-pyrrole nitrogens is 1. The third-order valence-electron chi connectivity index (χ3n) is 6.48. The number of nitrogens with zero attached hydrogens (tertiary/aromatic N) is 4. The first kappa shape index (κ1) is 26.3. The van der Waals surface area contributed by atoms with Crippen molar-refractivity contribution in [2.75, 3.05) is 17.3 Å². The lowest BCUT2D eigenvalue weighted by atomic mass is 10.1. The zero-order chi connectivity index (χ0) is 28.2. The van der Waals surface area contributed by atoms with Gasteiger partial charge in [0.05, 0.1) is 17.4 Å². The second kappa shape index (κ2) is 11.2. The maximum atomic E-state index is 13.6. The smallest absolute Gasteiger partial charge is 0.328 e. The van der Waals surface area contributed by atoms with Crippen LogP contribution in [0.25, 0.3) is 22.3 Å². The van der Waals surface area contributed by atoms with E-state index in [0.29, 0.717) is 28.7 Å². The SMILES string of the molecule is CNc1nccc(-c2cc3cc(C(=O)NC(C(=O)O)C(C)N(c4ccc(F)cc4)c4ccccn4)ccc3[nH]2)n1. The van der Waals surface area contributed by atoms with Crippen molar-refractivity contribution in [1.82, 2.24) is 25.3 Å². The number of carbonyl (C=O) groups is 2. The van der Waals surface area contributed by atoms with Gasteiger partial charge in [-0.2, -0.15) is 0 Å². The molecule has 3 aromatic heterocycles. The van der Waals surface area contributed by atoms with Crippen LogP contribution in [-0.4, -0.2) is 56.1 Å². The predicted molar refractivity (Wildman–Crippen MR) is 150 cm³/mol. The van der Waals surface area contributed by atoms with Gasteiger partial charge in [0.2, 0.25) is 5.95 Å². The number of anilines is 3. The molecule has 10 nitrogen and oxygen atoms in total. The third kappa shape index (κ3) is 5.44. The summed E-state index contributed by atoms with van der Waals surface area (Å²) in [5.41, 5.74) is 3.03. The fourth-order valence-corrected chi connectivity index (χ4v) is 4.48. The Morgan fingerprint density at radius 2 is 1.80 bits per heavy atom. The lowest BCUT2D eigenvalue weighted by Gasteiger charge is -2.34. The Balaban J connectivity index is 1.42. The van der Waals surface area contributed by atoms with Gasteiger partial charge < -0.3 is 25.6 Å². The maximum Gasteiger partial charge on any atom is 0.328 e. The van der Waals surface area contributed by atoms with Crippen molar-refractivity contribution in [3.63, 3.8) is 0 Å². The van der Waals surface area contributed by atoms with E-state index in [2.05, 4.69) is 30.6 Å². The van der Waals surface area contributed by atoms with Crippen molar-refractivity contribution in [1.29, 1.82) is 0 Å². The minimum absolute atomic E-state index is 0.293. The number of carbonyl (C=O) groups excluding carboxylic acids is 1. The Labute approximate surface area is 228 Å². The van der Waals surface area contributed by atoms with Crippen LogP contribution in [0.3, 0.4) is 0 Å². The van der Waals surface area contributed by atoms with Crippen LogP contribution in [0.2, 0.25) is 0 Å². The monoisotopic (exact) mass is 539 g/mol. The summed E-state index contributed by atoms with van der Waals surface area (Å²) in [4.78, 5) is 43.6. The molecular weight excluding hydrogens is 513 g/mol. The number of aliphatic carboxylic acids is 1. The van der Waals surface area contributed by atoms with E-state index in [4.69, 9.17) is 0 Å². The standard InChI is InChI=1S/C29H26FN7O3/c1-17(37(25-5-3-4-13-32-25)21-9-7-20(30)8-10-21)26(28(39)40)36-27(38)18-6-11-22-19(15-18)16-24(34-22)23-12-14-33-29(31-2)35-23/h3-17,26,34H,1-2H3,(H,36,38)(H,39,40)(H,31,33,35). The summed E-state index contributed by atoms with van der Waals surface area (Å²) >= 11 is 0. The number of hydrogen-bond acceptors (Lipinski definition) is 7. The molecule has 3 heterocycles. The van der Waals surface area contributed by atoms with E-state index in [0.717, 1.165) is 16.6 Å². The molecule has 0 aliphatic rings. The molecule has 11 heteroatoms. The number of carboxylic acids is 1. The summed E-state index contributed by atoms with van der Waals surface area (Å²) in [6, 6.07) is 17.5. The van der Waals surface area contributed by atoms with Crippen LogP contribution in [-0.2, 0) is 4.79 Å². The number of nitrogens with one attached hydrogen (secondary N) is 3. The van der Waals surface area contributed by atoms with E-state index in [-0.39, 0.29) is 0 Å². The van der Waals surface area contributed by atoms with Crippen LogP contribution in [0.15, 0.2) is 85.2 Å². The van der Waals surface area contributed by atoms with Gasteiger partial charge in [-0.25, -0.2) is 24.1 Å². The number of amides is 1. The number of pyridine rings is 1. The van der Waals surface area contributed by atoms with Gasteiger partial charge >= 0.3 is 5.97 Å². The van der Waals surface area contributed by atoms with E-state index < -0.39 is 29.8 Å². The van der Waals surface area contributed by atoms with Crippen molar-refractivity contribution in [2.24, 2.45) is 0 Å². The second-order valence-electron chi connectivity index (χ2n) is 9.06. The zero-order valence-electron chi connectivity index (χ0n) is 21.7. The molecule has 0 fully saturated rings. The number of halogens is 1. The largest absolute Gasteiger partial charge is 0.480 e. The van der Waals surface area contributed by atoms with Crippen molar-refractivity contribution in [3.05, 3.63) is 96.6 Å². The molecule has 0 saturated heterocycles. The third-order valence-corrected chi connectivity index (χ3v) is 6.48. The molecule has 40 heavy (non-hydrogen) atoms. The van der Waals surface area contributed by atoms with Crippen molar-refractivity contribution < 1.29 is 19.1 Å². The van der Waals surface area contributed by atoms with Gasteiger partial charge in [-0.1, -0.05) is 6.07 Å². The second-order valence-corrected chi connectivity index (χ2v) is 9.06. The molecule has 2 unspecified atom stereocenters. The molecule has 0 aliphatic heterocycles. The van der Waals surface area contributed by atoms with Crippen molar-refractivity contribution in [2.45, 2.75) is 19.0 Å². The number of fused-ring (bicyclic) bond motifs is 1. The highest BCUT2D eigenvalue weighted by Crippen LogP contribution is 2.28. The van der Waals surface area contributed by atoms with Gasteiger partial charge in [0.25, 0.3) is 5.91 Å². The van der Waals surface area contributed by atoms with Crippen molar-refractivity contribution >= 4 is 40.2 Å². The fraction of sp³-hybridized carbons (Fsp3) is 0.138. The molecule has 0 aliphatic carbocycles. The molecule has 1 amide bonds. The number of aromatic nitrogens is 4. The first-order valence-corrected chi connectivity index (χ1v) is 12.5. The minimum atomic E-state index is -1.32. The van der Waals surface area contributed by atoms with Crippen LogP contribution < -0.4 is 15.5 Å². The molecule has 5 aromatic rings. The highest BCUT2D eigenvalue weighted by Gasteiger charge is 2.33. The summed E-state index contributed by atoms with van der Waals surface area (Å²) in [5, 5.41) is 16.4. The van der Waals surface area contributed by atoms with Gasteiger partial charge in [0.15, 0.2) is 0 Å². The summed E-state index contributed by atoms with van der Waals surface area (Å²) in [6.07, 6.45) is 3.22. The van der Waals surface area contributed by atoms with Gasteiger partial charge in [0, 0.05) is 41.6 Å². The van der Waals surface area contributed by atoms with Gasteiger partial charge in [-0.3, -0.25) is 4.79 Å². The predicted octanol–water partition coefficient (Wildman–Crippen LogP) is 4.61. The highest BCUT2D eigenvalue weighted by atomic mass is 19.1. The van der Waals surface area contributed by atoms with E-state index in [1.54, 1.807) is 73.7 Å². The van der Waals surface area contributed by atoms with Gasteiger partial charge in [-0.05, 0) is 73.7 Å². The molecule has 0 radical (unpaired) electrons. The summed E-state index contributed by atoms with van der Waals surface area (Å²) in [7, 11) is 1.73. The molecule has 0 saturated carbocycles.